The van der Waals surface area contributed by atoms with Gasteiger partial charge in [0, 0.05) is 11.1 Å². The van der Waals surface area contributed by atoms with Crippen molar-refractivity contribution in [3.8, 4) is 5.75 Å². The van der Waals surface area contributed by atoms with Crippen molar-refractivity contribution in [1.82, 2.24) is 4.98 Å². The van der Waals surface area contributed by atoms with Gasteiger partial charge in [0.25, 0.3) is 0 Å². The third kappa shape index (κ3) is 2.04. The van der Waals surface area contributed by atoms with E-state index >= 15 is 0 Å². The van der Waals surface area contributed by atoms with E-state index in [1.54, 1.807) is 24.6 Å². The maximum atomic E-state index is 5.21. The molecule has 0 fully saturated rings. The fraction of sp³-hybridized carbons (Fsp3) is 0.364. The fourth-order valence-corrected chi connectivity index (χ4v) is 2.16. The number of fused-ring (bicyclic) bond motifs is 1. The van der Waals surface area contributed by atoms with Crippen LogP contribution in [0.1, 0.15) is 18.7 Å². The summed E-state index contributed by atoms with van der Waals surface area (Å²) >= 11 is 1.72. The highest BCUT2D eigenvalue weighted by Gasteiger charge is 2.04. The number of aromatic nitrogens is 1. The Labute approximate surface area is 88.6 Å². The molecule has 0 aromatic carbocycles. The highest BCUT2D eigenvalue weighted by Crippen LogP contribution is 2.31. The predicted octanol–water partition coefficient (Wildman–Crippen LogP) is 3.64. The molecule has 0 unspecified atom stereocenters. The largest absolute Gasteiger partial charge is 0.495 e. The standard InChI is InChI=1S/C9H9NOS.C2H6/c1-6-5-7-9(12-6)8(11-2)3-4-10-7;1-2/h3-5H,1-2H3;1-2H3. The van der Waals surface area contributed by atoms with Crippen LogP contribution < -0.4 is 4.74 Å². The molecule has 2 aromatic rings. The highest BCUT2D eigenvalue weighted by molar-refractivity contribution is 7.19. The van der Waals surface area contributed by atoms with E-state index in [2.05, 4.69) is 18.0 Å². The van der Waals surface area contributed by atoms with Crippen LogP contribution in [0.25, 0.3) is 10.2 Å². The number of nitrogens with zero attached hydrogens (tertiary/aromatic N) is 1. The van der Waals surface area contributed by atoms with Crippen molar-refractivity contribution >= 4 is 21.6 Å². The number of hydrogen-bond donors (Lipinski definition) is 0. The van der Waals surface area contributed by atoms with Crippen LogP contribution in [-0.4, -0.2) is 12.1 Å². The van der Waals surface area contributed by atoms with E-state index in [9.17, 15) is 0 Å². The summed E-state index contributed by atoms with van der Waals surface area (Å²) < 4.78 is 6.35. The molecule has 0 atom stereocenters. The molecule has 0 N–H and O–H groups in total. The second kappa shape index (κ2) is 4.96. The smallest absolute Gasteiger partial charge is 0.139 e. The molecule has 2 heterocycles. The van der Waals surface area contributed by atoms with Crippen LogP contribution in [0.5, 0.6) is 5.75 Å². The normalized spacial score (nSPS) is 9.43. The summed E-state index contributed by atoms with van der Waals surface area (Å²) in [6, 6.07) is 3.96. The van der Waals surface area contributed by atoms with Crippen LogP contribution in [-0.2, 0) is 0 Å². The lowest BCUT2D eigenvalue weighted by molar-refractivity contribution is 0.420. The highest BCUT2D eigenvalue weighted by atomic mass is 32.1. The second-order valence-electron chi connectivity index (χ2n) is 2.58. The van der Waals surface area contributed by atoms with Crippen molar-refractivity contribution < 1.29 is 4.74 Å². The second-order valence-corrected chi connectivity index (χ2v) is 3.84. The molecule has 2 aromatic heterocycles. The van der Waals surface area contributed by atoms with E-state index in [-0.39, 0.29) is 0 Å². The first-order valence-electron chi connectivity index (χ1n) is 4.70. The molecule has 2 rings (SSSR count). The van der Waals surface area contributed by atoms with Gasteiger partial charge < -0.3 is 4.74 Å². The van der Waals surface area contributed by atoms with Gasteiger partial charge in [-0.3, -0.25) is 4.98 Å². The third-order valence-electron chi connectivity index (χ3n) is 1.72. The zero-order valence-electron chi connectivity index (χ0n) is 9.00. The van der Waals surface area contributed by atoms with Gasteiger partial charge in [-0.05, 0) is 19.1 Å². The van der Waals surface area contributed by atoms with Gasteiger partial charge in [-0.1, -0.05) is 13.8 Å². The van der Waals surface area contributed by atoms with E-state index in [1.165, 1.54) is 4.88 Å². The lowest BCUT2D eigenvalue weighted by atomic mass is 10.3. The molecule has 0 amide bonds. The molecule has 3 heteroatoms. The molecule has 0 aliphatic carbocycles. The number of methoxy groups -OCH3 is 1. The molecule has 2 nitrogen and oxygen atoms in total. The first kappa shape index (κ1) is 11.0. The first-order valence-corrected chi connectivity index (χ1v) is 5.52. The Balaban J connectivity index is 0.000000461. The molecule has 14 heavy (non-hydrogen) atoms. The predicted molar refractivity (Wildman–Crippen MR) is 62.3 cm³/mol. The summed E-state index contributed by atoms with van der Waals surface area (Å²) in [5.41, 5.74) is 1.02. The van der Waals surface area contributed by atoms with Gasteiger partial charge in [-0.15, -0.1) is 11.3 Å². The molecule has 0 aliphatic rings. The molecule has 0 bridgehead atoms. The Morgan fingerprint density at radius 2 is 2.07 bits per heavy atom. The quantitative estimate of drug-likeness (QED) is 0.715. The number of pyridine rings is 1. The van der Waals surface area contributed by atoms with Gasteiger partial charge in [0.15, 0.2) is 0 Å². The van der Waals surface area contributed by atoms with E-state index in [4.69, 9.17) is 4.74 Å². The average molecular weight is 209 g/mol. The van der Waals surface area contributed by atoms with Gasteiger partial charge in [-0.25, -0.2) is 0 Å². The van der Waals surface area contributed by atoms with E-state index in [0.717, 1.165) is 16.0 Å². The van der Waals surface area contributed by atoms with Gasteiger partial charge in [0.1, 0.15) is 5.75 Å². The summed E-state index contributed by atoms with van der Waals surface area (Å²) in [5, 5.41) is 0. The first-order chi connectivity index (χ1) is 6.81. The van der Waals surface area contributed by atoms with Crippen LogP contribution in [0.3, 0.4) is 0 Å². The maximum absolute atomic E-state index is 5.21. The zero-order valence-corrected chi connectivity index (χ0v) is 9.81. The van der Waals surface area contributed by atoms with Crippen LogP contribution in [0.2, 0.25) is 0 Å². The van der Waals surface area contributed by atoms with Crippen molar-refractivity contribution in [3.05, 3.63) is 23.2 Å². The molecule has 0 saturated carbocycles. The van der Waals surface area contributed by atoms with E-state index in [1.807, 2.05) is 19.9 Å². The lowest BCUT2D eigenvalue weighted by Crippen LogP contribution is -1.82. The SMILES string of the molecule is CC.COc1ccnc2cc(C)sc12. The van der Waals surface area contributed by atoms with Gasteiger partial charge in [-0.2, -0.15) is 0 Å². The fourth-order valence-electron chi connectivity index (χ4n) is 1.19. The summed E-state index contributed by atoms with van der Waals surface area (Å²) in [4.78, 5) is 5.51. The van der Waals surface area contributed by atoms with Gasteiger partial charge >= 0.3 is 0 Å². The molecule has 0 radical (unpaired) electrons. The number of thiophene rings is 1. The monoisotopic (exact) mass is 209 g/mol. The molecule has 0 spiro atoms. The minimum atomic E-state index is 0.915. The lowest BCUT2D eigenvalue weighted by Gasteiger charge is -1.98. The number of rotatable bonds is 1. The zero-order chi connectivity index (χ0) is 10.6. The minimum absolute atomic E-state index is 0.915. The summed E-state index contributed by atoms with van der Waals surface area (Å²) in [6.45, 7) is 6.08. The van der Waals surface area contributed by atoms with Crippen molar-refractivity contribution in [2.24, 2.45) is 0 Å². The molecular weight excluding hydrogens is 194 g/mol. The van der Waals surface area contributed by atoms with Crippen molar-refractivity contribution in [2.45, 2.75) is 20.8 Å². The van der Waals surface area contributed by atoms with Crippen molar-refractivity contribution in [3.63, 3.8) is 0 Å². The van der Waals surface area contributed by atoms with Crippen molar-refractivity contribution in [1.29, 1.82) is 0 Å². The molecular formula is C11H15NOS. The summed E-state index contributed by atoms with van der Waals surface area (Å²) in [7, 11) is 1.68. The van der Waals surface area contributed by atoms with Crippen LogP contribution in [0.4, 0.5) is 0 Å². The summed E-state index contributed by atoms with van der Waals surface area (Å²) in [5.74, 6) is 0.915. The van der Waals surface area contributed by atoms with Crippen molar-refractivity contribution in [2.75, 3.05) is 7.11 Å². The number of ether oxygens (including phenoxy) is 1. The van der Waals surface area contributed by atoms with Gasteiger partial charge in [0.05, 0.1) is 17.3 Å². The van der Waals surface area contributed by atoms with Gasteiger partial charge in [0.2, 0.25) is 0 Å². The Morgan fingerprint density at radius 1 is 1.36 bits per heavy atom. The third-order valence-corrected chi connectivity index (χ3v) is 2.77. The Kier molecular flexibility index (Phi) is 3.89. The summed E-state index contributed by atoms with van der Waals surface area (Å²) in [6.07, 6.45) is 1.77. The Morgan fingerprint density at radius 3 is 2.71 bits per heavy atom. The average Bonchev–Trinajstić information content (AvgIpc) is 2.60. The minimum Gasteiger partial charge on any atom is -0.495 e. The van der Waals surface area contributed by atoms with Crippen LogP contribution in [0, 0.1) is 6.92 Å². The topological polar surface area (TPSA) is 22.1 Å². The maximum Gasteiger partial charge on any atom is 0.139 e. The molecule has 0 aliphatic heterocycles. The number of aryl methyl sites for hydroxylation is 1. The van der Waals surface area contributed by atoms with Crippen LogP contribution >= 0.6 is 11.3 Å². The molecule has 76 valence electrons. The van der Waals surface area contributed by atoms with E-state index in [0.29, 0.717) is 0 Å². The number of hydrogen-bond acceptors (Lipinski definition) is 3. The van der Waals surface area contributed by atoms with Crippen LogP contribution in [0.15, 0.2) is 18.3 Å². The molecule has 0 saturated heterocycles. The Hall–Kier alpha value is -1.09. The van der Waals surface area contributed by atoms with E-state index < -0.39 is 0 Å². The Bertz CT molecular complexity index is 409.